The lowest BCUT2D eigenvalue weighted by atomic mass is 9.99. The summed E-state index contributed by atoms with van der Waals surface area (Å²) < 4.78 is 1.77. The zero-order valence-electron chi connectivity index (χ0n) is 15.7. The number of fused-ring (bicyclic) bond motifs is 3. The number of hydrogen-bond donors (Lipinski definition) is 2. The van der Waals surface area contributed by atoms with Crippen LogP contribution in [0.5, 0.6) is 0 Å². The molecule has 0 spiro atoms. The van der Waals surface area contributed by atoms with Crippen molar-refractivity contribution in [2.75, 3.05) is 5.32 Å². The van der Waals surface area contributed by atoms with Crippen LogP contribution in [-0.2, 0) is 7.05 Å². The van der Waals surface area contributed by atoms with Crippen LogP contribution < -0.4 is 11.1 Å². The number of nitrogens with zero attached hydrogens (tertiary/aromatic N) is 5. The normalized spacial score (nSPS) is 23.9. The van der Waals surface area contributed by atoms with Gasteiger partial charge in [0.2, 0.25) is 0 Å². The smallest absolute Gasteiger partial charge is 0.323 e. The van der Waals surface area contributed by atoms with E-state index < -0.39 is 0 Å². The standard InChI is InChI=1S/C20H23N7O/c1-26-11-14(10-22-26)12-2-5-18-13(6-12)7-19(25-24-18)23-20(28)27-16-3-4-17(27)9-15(21)8-16/h2,5-7,10-11,15-17H,3-4,8-9,21H2,1H3,(H,23,25,28)/t15?,16-,17+. The van der Waals surface area contributed by atoms with Gasteiger partial charge < -0.3 is 10.6 Å². The van der Waals surface area contributed by atoms with Crippen molar-refractivity contribution < 1.29 is 4.79 Å². The van der Waals surface area contributed by atoms with Crippen molar-refractivity contribution >= 4 is 22.8 Å². The fourth-order valence-electron chi connectivity index (χ4n) is 4.58. The van der Waals surface area contributed by atoms with Crippen molar-refractivity contribution in [3.8, 4) is 11.1 Å². The Labute approximate surface area is 162 Å². The predicted molar refractivity (Wildman–Crippen MR) is 107 cm³/mol. The van der Waals surface area contributed by atoms with Gasteiger partial charge in [-0.05, 0) is 49.4 Å². The van der Waals surface area contributed by atoms with E-state index in [0.29, 0.717) is 5.82 Å². The van der Waals surface area contributed by atoms with Crippen LogP contribution in [0.15, 0.2) is 36.7 Å². The number of aromatic nitrogens is 4. The molecule has 2 saturated heterocycles. The summed E-state index contributed by atoms with van der Waals surface area (Å²) in [7, 11) is 1.89. The molecule has 5 rings (SSSR count). The molecule has 3 aromatic rings. The molecule has 0 radical (unpaired) electrons. The molecule has 28 heavy (non-hydrogen) atoms. The number of anilines is 1. The van der Waals surface area contributed by atoms with E-state index in [9.17, 15) is 4.79 Å². The van der Waals surface area contributed by atoms with Crippen LogP contribution >= 0.6 is 0 Å². The number of hydrogen-bond acceptors (Lipinski definition) is 5. The largest absolute Gasteiger partial charge is 0.328 e. The molecule has 2 aromatic heterocycles. The lowest BCUT2D eigenvalue weighted by Gasteiger charge is -2.37. The maximum atomic E-state index is 12.9. The summed E-state index contributed by atoms with van der Waals surface area (Å²) in [5.74, 6) is 0.468. The maximum Gasteiger partial charge on any atom is 0.323 e. The molecule has 1 unspecified atom stereocenters. The molecular formula is C20H23N7O. The Kier molecular flexibility index (Phi) is 4.01. The first-order valence-electron chi connectivity index (χ1n) is 9.68. The third-order valence-electron chi connectivity index (χ3n) is 5.86. The Morgan fingerprint density at radius 1 is 1.14 bits per heavy atom. The summed E-state index contributed by atoms with van der Waals surface area (Å²) in [4.78, 5) is 14.8. The topological polar surface area (TPSA) is 102 Å². The molecule has 8 nitrogen and oxygen atoms in total. The Bertz CT molecular complexity index is 1030. The van der Waals surface area contributed by atoms with E-state index in [1.807, 2.05) is 48.6 Å². The summed E-state index contributed by atoms with van der Waals surface area (Å²) in [6, 6.07) is 8.42. The Morgan fingerprint density at radius 3 is 2.64 bits per heavy atom. The number of carbonyl (C=O) groups is 1. The SMILES string of the molecule is Cn1cc(-c2ccc3nnc(NC(=O)N4[C@@H]5CC[C@H]4CC(N)C5)cc3c2)cn1. The van der Waals surface area contributed by atoms with Crippen molar-refractivity contribution in [2.45, 2.75) is 43.8 Å². The van der Waals surface area contributed by atoms with E-state index in [4.69, 9.17) is 5.73 Å². The monoisotopic (exact) mass is 377 g/mol. The fourth-order valence-corrected chi connectivity index (χ4v) is 4.58. The van der Waals surface area contributed by atoms with Crippen LogP contribution in [0.3, 0.4) is 0 Å². The van der Waals surface area contributed by atoms with E-state index in [1.54, 1.807) is 4.68 Å². The van der Waals surface area contributed by atoms with Crippen molar-refractivity contribution in [1.29, 1.82) is 0 Å². The van der Waals surface area contributed by atoms with E-state index in [2.05, 4.69) is 20.6 Å². The first-order chi connectivity index (χ1) is 13.6. The average molecular weight is 377 g/mol. The van der Waals surface area contributed by atoms with Gasteiger partial charge in [-0.15, -0.1) is 10.2 Å². The summed E-state index contributed by atoms with van der Waals surface area (Å²) in [6.45, 7) is 0. The van der Waals surface area contributed by atoms with Gasteiger partial charge in [0.1, 0.15) is 0 Å². The molecule has 2 fully saturated rings. The van der Waals surface area contributed by atoms with E-state index in [1.165, 1.54) is 0 Å². The van der Waals surface area contributed by atoms with Gasteiger partial charge in [0.15, 0.2) is 5.82 Å². The Hall–Kier alpha value is -3.00. The Morgan fingerprint density at radius 2 is 1.93 bits per heavy atom. The minimum atomic E-state index is -0.100. The first kappa shape index (κ1) is 17.1. The van der Waals surface area contributed by atoms with Gasteiger partial charge in [-0.25, -0.2) is 4.79 Å². The molecule has 3 atom stereocenters. The highest BCUT2D eigenvalue weighted by Crippen LogP contribution is 2.35. The van der Waals surface area contributed by atoms with Crippen LogP contribution in [0.1, 0.15) is 25.7 Å². The molecule has 3 N–H and O–H groups in total. The minimum Gasteiger partial charge on any atom is -0.328 e. The maximum absolute atomic E-state index is 12.9. The second-order valence-electron chi connectivity index (χ2n) is 7.86. The molecular weight excluding hydrogens is 354 g/mol. The van der Waals surface area contributed by atoms with Gasteiger partial charge in [-0.1, -0.05) is 6.07 Å². The summed E-state index contributed by atoms with van der Waals surface area (Å²) in [5, 5.41) is 16.5. The quantitative estimate of drug-likeness (QED) is 0.714. The molecule has 2 amide bonds. The fraction of sp³-hybridized carbons (Fsp3) is 0.400. The zero-order chi connectivity index (χ0) is 19.3. The van der Waals surface area contributed by atoms with Gasteiger partial charge in [-0.3, -0.25) is 10.00 Å². The minimum absolute atomic E-state index is 0.100. The molecule has 4 heterocycles. The highest BCUT2D eigenvalue weighted by molar-refractivity contribution is 5.92. The third kappa shape index (κ3) is 2.99. The molecule has 0 aliphatic carbocycles. The van der Waals surface area contributed by atoms with Crippen LogP contribution in [-0.4, -0.2) is 49.0 Å². The first-order valence-corrected chi connectivity index (χ1v) is 9.68. The second kappa shape index (κ2) is 6.56. The molecule has 144 valence electrons. The van der Waals surface area contributed by atoms with Crippen molar-refractivity contribution in [3.05, 3.63) is 36.7 Å². The van der Waals surface area contributed by atoms with Gasteiger partial charge in [0.05, 0.1) is 11.7 Å². The van der Waals surface area contributed by atoms with Crippen LogP contribution in [0.2, 0.25) is 0 Å². The van der Waals surface area contributed by atoms with Crippen molar-refractivity contribution in [2.24, 2.45) is 12.8 Å². The molecule has 2 bridgehead atoms. The number of rotatable bonds is 2. The summed E-state index contributed by atoms with van der Waals surface area (Å²) >= 11 is 0. The molecule has 2 aliphatic heterocycles. The lowest BCUT2D eigenvalue weighted by Crippen LogP contribution is -2.51. The van der Waals surface area contributed by atoms with Gasteiger partial charge in [0, 0.05) is 42.3 Å². The molecule has 8 heteroatoms. The predicted octanol–water partition coefficient (Wildman–Crippen LogP) is 2.52. The number of nitrogens with two attached hydrogens (primary N) is 1. The van der Waals surface area contributed by atoms with E-state index in [-0.39, 0.29) is 24.2 Å². The van der Waals surface area contributed by atoms with Gasteiger partial charge >= 0.3 is 6.03 Å². The molecule has 2 aliphatic rings. The van der Waals surface area contributed by atoms with Crippen molar-refractivity contribution in [3.63, 3.8) is 0 Å². The van der Waals surface area contributed by atoms with E-state index in [0.717, 1.165) is 47.7 Å². The molecule has 1 aromatic carbocycles. The van der Waals surface area contributed by atoms with Crippen molar-refractivity contribution in [1.82, 2.24) is 24.9 Å². The highest BCUT2D eigenvalue weighted by atomic mass is 16.2. The number of piperidine rings is 1. The van der Waals surface area contributed by atoms with E-state index >= 15 is 0 Å². The second-order valence-corrected chi connectivity index (χ2v) is 7.86. The van der Waals surface area contributed by atoms with Crippen LogP contribution in [0.4, 0.5) is 10.6 Å². The van der Waals surface area contributed by atoms with Crippen LogP contribution in [0.25, 0.3) is 22.0 Å². The van der Waals surface area contributed by atoms with Gasteiger partial charge in [0.25, 0.3) is 0 Å². The number of aryl methyl sites for hydroxylation is 1. The summed E-state index contributed by atoms with van der Waals surface area (Å²) in [6.07, 6.45) is 7.61. The zero-order valence-corrected chi connectivity index (χ0v) is 15.7. The number of amides is 2. The number of nitrogens with one attached hydrogen (secondary N) is 1. The highest BCUT2D eigenvalue weighted by Gasteiger charge is 2.42. The lowest BCUT2D eigenvalue weighted by molar-refractivity contribution is 0.150. The summed E-state index contributed by atoms with van der Waals surface area (Å²) in [5.41, 5.74) is 8.98. The average Bonchev–Trinajstić information content (AvgIpc) is 3.22. The van der Waals surface area contributed by atoms with Crippen LogP contribution in [0, 0.1) is 0 Å². The number of urea groups is 1. The van der Waals surface area contributed by atoms with Gasteiger partial charge in [-0.2, -0.15) is 5.10 Å². The molecule has 0 saturated carbocycles. The number of benzene rings is 1. The number of carbonyl (C=O) groups excluding carboxylic acids is 1. The Balaban J connectivity index is 1.39. The third-order valence-corrected chi connectivity index (χ3v) is 5.86.